The Hall–Kier alpha value is -1.15. The smallest absolute Gasteiger partial charge is 0.243 e. The number of nitrogens with zero attached hydrogens (tertiary/aromatic N) is 2. The zero-order valence-corrected chi connectivity index (χ0v) is 17.1. The SMILES string of the molecule is COc1cc(C)c(S(=O)(=O)N2CCC(N3CCNCC3)C2)cc1C(C)C. The van der Waals surface area contributed by atoms with E-state index >= 15 is 0 Å². The molecule has 1 atom stereocenters. The van der Waals surface area contributed by atoms with Crippen molar-refractivity contribution < 1.29 is 13.2 Å². The number of hydrogen-bond acceptors (Lipinski definition) is 5. The Morgan fingerprint density at radius 2 is 1.88 bits per heavy atom. The van der Waals surface area contributed by atoms with Crippen molar-refractivity contribution in [1.82, 2.24) is 14.5 Å². The lowest BCUT2D eigenvalue weighted by Crippen LogP contribution is -2.49. The molecule has 1 aromatic carbocycles. The average Bonchev–Trinajstić information content (AvgIpc) is 3.12. The van der Waals surface area contributed by atoms with Crippen molar-refractivity contribution >= 4 is 10.0 Å². The summed E-state index contributed by atoms with van der Waals surface area (Å²) in [5.41, 5.74) is 1.69. The van der Waals surface area contributed by atoms with Crippen LogP contribution in [-0.4, -0.2) is 70.0 Å². The standard InChI is InChI=1S/C19H31N3O3S/c1-14(2)17-12-19(15(3)11-18(17)25-4)26(23,24)22-8-5-16(13-22)21-9-6-20-7-10-21/h11-12,14,16,20H,5-10,13H2,1-4H3. The minimum Gasteiger partial charge on any atom is -0.496 e. The summed E-state index contributed by atoms with van der Waals surface area (Å²) < 4.78 is 33.7. The summed E-state index contributed by atoms with van der Waals surface area (Å²) in [6.07, 6.45) is 0.908. The van der Waals surface area contributed by atoms with Crippen molar-refractivity contribution in [1.29, 1.82) is 0 Å². The molecule has 0 aliphatic carbocycles. The molecular formula is C19H31N3O3S. The first-order valence-electron chi connectivity index (χ1n) is 9.48. The van der Waals surface area contributed by atoms with Crippen LogP contribution in [0.1, 0.15) is 37.3 Å². The normalized spacial score (nSPS) is 22.9. The van der Waals surface area contributed by atoms with Crippen LogP contribution in [0.3, 0.4) is 0 Å². The summed E-state index contributed by atoms with van der Waals surface area (Å²) in [6, 6.07) is 3.99. The fraction of sp³-hybridized carbons (Fsp3) is 0.684. The van der Waals surface area contributed by atoms with Gasteiger partial charge in [0.2, 0.25) is 10.0 Å². The van der Waals surface area contributed by atoms with E-state index in [0.29, 0.717) is 24.0 Å². The van der Waals surface area contributed by atoms with Gasteiger partial charge in [0.25, 0.3) is 0 Å². The summed E-state index contributed by atoms with van der Waals surface area (Å²) in [5, 5.41) is 3.36. The summed E-state index contributed by atoms with van der Waals surface area (Å²) in [7, 11) is -1.85. The third-order valence-corrected chi connectivity index (χ3v) is 7.57. The molecule has 2 saturated heterocycles. The highest BCUT2D eigenvalue weighted by molar-refractivity contribution is 7.89. The fourth-order valence-corrected chi connectivity index (χ4v) is 5.73. The molecule has 1 aromatic rings. The molecule has 0 amide bonds. The lowest BCUT2D eigenvalue weighted by atomic mass is 10.0. The molecule has 6 nitrogen and oxygen atoms in total. The van der Waals surface area contributed by atoms with Gasteiger partial charge in [0.05, 0.1) is 12.0 Å². The van der Waals surface area contributed by atoms with Crippen molar-refractivity contribution in [2.45, 2.75) is 44.0 Å². The first-order chi connectivity index (χ1) is 12.3. The van der Waals surface area contributed by atoms with Gasteiger partial charge >= 0.3 is 0 Å². The molecule has 0 saturated carbocycles. The molecule has 0 bridgehead atoms. The Morgan fingerprint density at radius 1 is 1.19 bits per heavy atom. The summed E-state index contributed by atoms with van der Waals surface area (Å²) in [5.74, 6) is 0.961. The number of nitrogens with one attached hydrogen (secondary N) is 1. The van der Waals surface area contributed by atoms with Gasteiger partial charge < -0.3 is 10.1 Å². The van der Waals surface area contributed by atoms with E-state index in [1.165, 1.54) is 0 Å². The first-order valence-corrected chi connectivity index (χ1v) is 10.9. The minimum atomic E-state index is -3.49. The van der Waals surface area contributed by atoms with Crippen LogP contribution >= 0.6 is 0 Å². The molecule has 146 valence electrons. The van der Waals surface area contributed by atoms with E-state index in [4.69, 9.17) is 4.74 Å². The predicted octanol–water partition coefficient (Wildman–Crippen LogP) is 1.80. The number of benzene rings is 1. The second kappa shape index (κ2) is 7.84. The highest BCUT2D eigenvalue weighted by atomic mass is 32.2. The van der Waals surface area contributed by atoms with Crippen molar-refractivity contribution in [3.63, 3.8) is 0 Å². The molecule has 2 aliphatic heterocycles. The zero-order chi connectivity index (χ0) is 18.9. The Balaban J connectivity index is 1.85. The van der Waals surface area contributed by atoms with Gasteiger partial charge in [-0.2, -0.15) is 4.31 Å². The topological polar surface area (TPSA) is 61.9 Å². The van der Waals surface area contributed by atoms with Gasteiger partial charge in [-0.15, -0.1) is 0 Å². The first kappa shape index (κ1) is 19.6. The van der Waals surface area contributed by atoms with Crippen LogP contribution in [0.5, 0.6) is 5.75 Å². The maximum absolute atomic E-state index is 13.3. The van der Waals surface area contributed by atoms with Crippen molar-refractivity contribution in [2.24, 2.45) is 0 Å². The Kier molecular flexibility index (Phi) is 5.91. The van der Waals surface area contributed by atoms with Crippen molar-refractivity contribution in [3.8, 4) is 5.75 Å². The molecule has 2 heterocycles. The van der Waals surface area contributed by atoms with Gasteiger partial charge in [-0.25, -0.2) is 8.42 Å². The fourth-order valence-electron chi connectivity index (χ4n) is 4.00. The van der Waals surface area contributed by atoms with Crippen LogP contribution in [0, 0.1) is 6.92 Å². The number of hydrogen-bond donors (Lipinski definition) is 1. The van der Waals surface area contributed by atoms with Crippen LogP contribution in [0.4, 0.5) is 0 Å². The number of rotatable bonds is 5. The highest BCUT2D eigenvalue weighted by Gasteiger charge is 2.36. The lowest BCUT2D eigenvalue weighted by Gasteiger charge is -2.32. The van der Waals surface area contributed by atoms with E-state index < -0.39 is 10.0 Å². The number of aryl methyl sites for hydroxylation is 1. The molecule has 2 fully saturated rings. The molecule has 0 radical (unpaired) electrons. The van der Waals surface area contributed by atoms with E-state index in [2.05, 4.69) is 24.1 Å². The zero-order valence-electron chi connectivity index (χ0n) is 16.3. The van der Waals surface area contributed by atoms with Gasteiger partial charge in [0.1, 0.15) is 5.75 Å². The van der Waals surface area contributed by atoms with Gasteiger partial charge in [0.15, 0.2) is 0 Å². The molecular weight excluding hydrogens is 350 g/mol. The van der Waals surface area contributed by atoms with E-state index in [1.807, 2.05) is 19.1 Å². The van der Waals surface area contributed by atoms with E-state index in [9.17, 15) is 8.42 Å². The Labute approximate surface area is 157 Å². The Morgan fingerprint density at radius 3 is 2.50 bits per heavy atom. The molecule has 26 heavy (non-hydrogen) atoms. The maximum Gasteiger partial charge on any atom is 0.243 e. The van der Waals surface area contributed by atoms with Crippen LogP contribution in [0.2, 0.25) is 0 Å². The summed E-state index contributed by atoms with van der Waals surface area (Å²) >= 11 is 0. The van der Waals surface area contributed by atoms with Gasteiger partial charge in [0, 0.05) is 45.3 Å². The Bertz CT molecular complexity index is 743. The molecule has 1 N–H and O–H groups in total. The molecule has 7 heteroatoms. The quantitative estimate of drug-likeness (QED) is 0.843. The summed E-state index contributed by atoms with van der Waals surface area (Å²) in [4.78, 5) is 2.84. The van der Waals surface area contributed by atoms with Crippen LogP contribution < -0.4 is 10.1 Å². The summed E-state index contributed by atoms with van der Waals surface area (Å²) in [6.45, 7) is 11.1. The van der Waals surface area contributed by atoms with Crippen LogP contribution in [0.15, 0.2) is 17.0 Å². The molecule has 0 spiro atoms. The highest BCUT2D eigenvalue weighted by Crippen LogP contribution is 2.34. The molecule has 0 aromatic heterocycles. The van der Waals surface area contributed by atoms with Gasteiger partial charge in [-0.05, 0) is 42.5 Å². The van der Waals surface area contributed by atoms with Crippen LogP contribution in [-0.2, 0) is 10.0 Å². The third-order valence-electron chi connectivity index (χ3n) is 5.56. The number of sulfonamides is 1. The minimum absolute atomic E-state index is 0.201. The van der Waals surface area contributed by atoms with E-state index in [1.54, 1.807) is 11.4 Å². The third kappa shape index (κ3) is 3.76. The number of piperazine rings is 1. The van der Waals surface area contributed by atoms with Crippen molar-refractivity contribution in [2.75, 3.05) is 46.4 Å². The monoisotopic (exact) mass is 381 g/mol. The van der Waals surface area contributed by atoms with E-state index in [-0.39, 0.29) is 5.92 Å². The molecule has 1 unspecified atom stereocenters. The predicted molar refractivity (Wildman–Crippen MR) is 103 cm³/mol. The second-order valence-corrected chi connectivity index (χ2v) is 9.51. The second-order valence-electron chi connectivity index (χ2n) is 7.61. The average molecular weight is 382 g/mol. The van der Waals surface area contributed by atoms with Crippen LogP contribution in [0.25, 0.3) is 0 Å². The lowest BCUT2D eigenvalue weighted by molar-refractivity contribution is 0.179. The molecule has 3 rings (SSSR count). The largest absolute Gasteiger partial charge is 0.496 e. The van der Waals surface area contributed by atoms with E-state index in [0.717, 1.165) is 49.5 Å². The molecule has 2 aliphatic rings. The maximum atomic E-state index is 13.3. The number of ether oxygens (including phenoxy) is 1. The van der Waals surface area contributed by atoms with Crippen molar-refractivity contribution in [3.05, 3.63) is 23.3 Å². The van der Waals surface area contributed by atoms with Gasteiger partial charge in [-0.3, -0.25) is 4.90 Å². The number of methoxy groups -OCH3 is 1. The van der Waals surface area contributed by atoms with Gasteiger partial charge in [-0.1, -0.05) is 13.8 Å².